The summed E-state index contributed by atoms with van der Waals surface area (Å²) in [5.74, 6) is 0.454. The van der Waals surface area contributed by atoms with Crippen molar-refractivity contribution in [1.82, 2.24) is 18.9 Å². The number of carbonyl (C=O) groups is 1. The quantitative estimate of drug-likeness (QED) is 0.785. The zero-order valence-corrected chi connectivity index (χ0v) is 17.0. The first-order valence-electron chi connectivity index (χ1n) is 10.0. The number of nitrogens with two attached hydrogens (primary N) is 1. The van der Waals surface area contributed by atoms with E-state index in [0.717, 1.165) is 41.7 Å². The van der Waals surface area contributed by atoms with Crippen molar-refractivity contribution in [2.24, 2.45) is 18.7 Å². The zero-order chi connectivity index (χ0) is 20.4. The summed E-state index contributed by atoms with van der Waals surface area (Å²) in [6, 6.07) is 0. The van der Waals surface area contributed by atoms with Crippen molar-refractivity contribution in [3.05, 3.63) is 20.7 Å². The van der Waals surface area contributed by atoms with Crippen molar-refractivity contribution in [2.75, 3.05) is 18.0 Å². The Morgan fingerprint density at radius 1 is 1.11 bits per heavy atom. The van der Waals surface area contributed by atoms with Gasteiger partial charge in [0.25, 0.3) is 11.1 Å². The molecule has 0 atom stereocenters. The number of amides is 1. The van der Waals surface area contributed by atoms with Crippen molar-refractivity contribution >= 4 is 22.9 Å². The van der Waals surface area contributed by atoms with Crippen molar-refractivity contribution < 1.29 is 4.79 Å². The Hall–Kier alpha value is -2.58. The summed E-state index contributed by atoms with van der Waals surface area (Å²) in [4.78, 5) is 44.3. The Balaban J connectivity index is 2.25. The van der Waals surface area contributed by atoms with Crippen molar-refractivity contribution in [3.63, 3.8) is 0 Å². The molecule has 0 radical (unpaired) electrons. The molecule has 0 bridgehead atoms. The van der Waals surface area contributed by atoms with Gasteiger partial charge in [-0.2, -0.15) is 0 Å². The molecule has 0 aromatic carbocycles. The number of aryl methyl sites for hydroxylation is 1. The van der Waals surface area contributed by atoms with Crippen LogP contribution in [-0.2, 0) is 24.9 Å². The van der Waals surface area contributed by atoms with Crippen LogP contribution in [0.3, 0.4) is 0 Å². The Kier molecular flexibility index (Phi) is 5.90. The number of imidazole rings is 1. The molecule has 2 aromatic rings. The molecule has 1 fully saturated rings. The van der Waals surface area contributed by atoms with Gasteiger partial charge in [-0.3, -0.25) is 14.4 Å². The highest BCUT2D eigenvalue weighted by molar-refractivity contribution is 5.78. The molecule has 9 nitrogen and oxygen atoms in total. The van der Waals surface area contributed by atoms with E-state index >= 15 is 0 Å². The lowest BCUT2D eigenvalue weighted by Crippen LogP contribution is -2.40. The first-order chi connectivity index (χ1) is 13.3. The second kappa shape index (κ2) is 8.20. The summed E-state index contributed by atoms with van der Waals surface area (Å²) in [7, 11) is 1.46. The SMILES string of the molecule is CC(C)CCn1c(N2CCCCCC2)nc2c(=O)n(C)n(CC(N)=O)c(=O)c21. The van der Waals surface area contributed by atoms with Gasteiger partial charge in [0.15, 0.2) is 5.52 Å². The van der Waals surface area contributed by atoms with Gasteiger partial charge in [-0.25, -0.2) is 14.3 Å². The molecule has 2 aromatic heterocycles. The Labute approximate surface area is 163 Å². The van der Waals surface area contributed by atoms with Gasteiger partial charge in [-0.15, -0.1) is 0 Å². The largest absolute Gasteiger partial charge is 0.368 e. The second-order valence-electron chi connectivity index (χ2n) is 8.00. The van der Waals surface area contributed by atoms with E-state index in [9.17, 15) is 14.4 Å². The molecule has 1 amide bonds. The lowest BCUT2D eigenvalue weighted by Gasteiger charge is -2.23. The minimum Gasteiger partial charge on any atom is -0.368 e. The maximum absolute atomic E-state index is 13.2. The standard InChI is InChI=1S/C19H30N6O3/c1-13(2)8-11-24-16-15(21-19(24)23-9-6-4-5-7-10-23)17(27)22(3)25(18(16)28)12-14(20)26/h13H,4-12H2,1-3H3,(H2,20,26). The summed E-state index contributed by atoms with van der Waals surface area (Å²) in [6.45, 7) is 6.22. The van der Waals surface area contributed by atoms with Crippen LogP contribution < -0.4 is 21.8 Å². The number of primary amides is 1. The van der Waals surface area contributed by atoms with Gasteiger partial charge < -0.3 is 15.2 Å². The molecule has 9 heteroatoms. The van der Waals surface area contributed by atoms with Gasteiger partial charge in [0.2, 0.25) is 11.9 Å². The Bertz CT molecular complexity index is 976. The first kappa shape index (κ1) is 20.2. The molecule has 2 N–H and O–H groups in total. The predicted octanol–water partition coefficient (Wildman–Crippen LogP) is 0.809. The fraction of sp³-hybridized carbons (Fsp3) is 0.684. The average Bonchev–Trinajstić information content (AvgIpc) is 2.81. The lowest BCUT2D eigenvalue weighted by atomic mass is 10.1. The highest BCUT2D eigenvalue weighted by Crippen LogP contribution is 2.23. The molecule has 0 spiro atoms. The summed E-state index contributed by atoms with van der Waals surface area (Å²) in [5.41, 5.74) is 4.92. The number of fused-ring (bicyclic) bond motifs is 1. The summed E-state index contributed by atoms with van der Waals surface area (Å²) in [6.07, 6.45) is 5.34. The topological polar surface area (TPSA) is 108 Å². The van der Waals surface area contributed by atoms with Crippen LogP contribution in [0.4, 0.5) is 5.95 Å². The summed E-state index contributed by atoms with van der Waals surface area (Å²) < 4.78 is 4.12. The lowest BCUT2D eigenvalue weighted by molar-refractivity contribution is -0.119. The monoisotopic (exact) mass is 390 g/mol. The van der Waals surface area contributed by atoms with E-state index in [2.05, 4.69) is 23.7 Å². The van der Waals surface area contributed by atoms with Crippen LogP contribution in [0.15, 0.2) is 9.59 Å². The van der Waals surface area contributed by atoms with Crippen LogP contribution in [0, 0.1) is 5.92 Å². The Morgan fingerprint density at radius 3 is 2.32 bits per heavy atom. The normalized spacial score (nSPS) is 15.4. The van der Waals surface area contributed by atoms with E-state index < -0.39 is 17.0 Å². The van der Waals surface area contributed by atoms with Crippen LogP contribution in [0.2, 0.25) is 0 Å². The molecule has 0 saturated carbocycles. The predicted molar refractivity (Wildman–Crippen MR) is 109 cm³/mol. The average molecular weight is 390 g/mol. The fourth-order valence-electron chi connectivity index (χ4n) is 3.77. The van der Waals surface area contributed by atoms with Crippen LogP contribution in [-0.4, -0.2) is 37.9 Å². The summed E-state index contributed by atoms with van der Waals surface area (Å²) >= 11 is 0. The molecular weight excluding hydrogens is 360 g/mol. The minimum absolute atomic E-state index is 0.163. The van der Waals surface area contributed by atoms with Gasteiger partial charge in [0, 0.05) is 26.7 Å². The van der Waals surface area contributed by atoms with Crippen LogP contribution >= 0.6 is 0 Å². The number of anilines is 1. The van der Waals surface area contributed by atoms with Gasteiger partial charge in [0.05, 0.1) is 0 Å². The van der Waals surface area contributed by atoms with E-state index in [0.29, 0.717) is 18.4 Å². The highest BCUT2D eigenvalue weighted by Gasteiger charge is 2.24. The van der Waals surface area contributed by atoms with Crippen molar-refractivity contribution in [2.45, 2.75) is 59.0 Å². The number of carbonyl (C=O) groups excluding carboxylic acids is 1. The fourth-order valence-corrected chi connectivity index (χ4v) is 3.77. The minimum atomic E-state index is -0.669. The van der Waals surface area contributed by atoms with E-state index in [1.165, 1.54) is 19.9 Å². The molecule has 1 aliphatic rings. The van der Waals surface area contributed by atoms with Crippen molar-refractivity contribution in [3.8, 4) is 0 Å². The van der Waals surface area contributed by atoms with Crippen LogP contribution in [0.1, 0.15) is 46.0 Å². The van der Waals surface area contributed by atoms with Gasteiger partial charge in [0.1, 0.15) is 12.1 Å². The molecule has 3 heterocycles. The zero-order valence-electron chi connectivity index (χ0n) is 17.0. The highest BCUT2D eigenvalue weighted by atomic mass is 16.2. The van der Waals surface area contributed by atoms with E-state index in [1.54, 1.807) is 0 Å². The summed E-state index contributed by atoms with van der Waals surface area (Å²) in [5, 5.41) is 0. The van der Waals surface area contributed by atoms with E-state index in [4.69, 9.17) is 5.73 Å². The number of rotatable bonds is 6. The van der Waals surface area contributed by atoms with Crippen LogP contribution in [0.5, 0.6) is 0 Å². The third-order valence-electron chi connectivity index (χ3n) is 5.37. The Morgan fingerprint density at radius 2 is 1.75 bits per heavy atom. The van der Waals surface area contributed by atoms with E-state index in [1.807, 2.05) is 4.57 Å². The molecule has 28 heavy (non-hydrogen) atoms. The second-order valence-corrected chi connectivity index (χ2v) is 8.00. The third kappa shape index (κ3) is 3.83. The number of aromatic nitrogens is 4. The smallest absolute Gasteiger partial charge is 0.293 e. The molecule has 3 rings (SSSR count). The molecule has 1 saturated heterocycles. The molecular formula is C19H30N6O3. The molecule has 0 aliphatic carbocycles. The number of nitrogens with zero attached hydrogens (tertiary/aromatic N) is 5. The number of hydrogen-bond donors (Lipinski definition) is 1. The maximum atomic E-state index is 13.2. The molecule has 0 unspecified atom stereocenters. The first-order valence-corrected chi connectivity index (χ1v) is 10.0. The molecule has 1 aliphatic heterocycles. The number of hydrogen-bond acceptors (Lipinski definition) is 5. The maximum Gasteiger partial charge on any atom is 0.293 e. The van der Waals surface area contributed by atoms with Crippen LogP contribution in [0.25, 0.3) is 11.0 Å². The third-order valence-corrected chi connectivity index (χ3v) is 5.37. The van der Waals surface area contributed by atoms with Gasteiger partial charge >= 0.3 is 0 Å². The van der Waals surface area contributed by atoms with Gasteiger partial charge in [-0.1, -0.05) is 26.7 Å². The van der Waals surface area contributed by atoms with Gasteiger partial charge in [-0.05, 0) is 25.2 Å². The molecule has 154 valence electrons. The van der Waals surface area contributed by atoms with E-state index in [-0.39, 0.29) is 17.6 Å². The van der Waals surface area contributed by atoms with Crippen molar-refractivity contribution in [1.29, 1.82) is 0 Å².